The van der Waals surface area contributed by atoms with E-state index in [1.807, 2.05) is 30.3 Å². The Labute approximate surface area is 236 Å². The van der Waals surface area contributed by atoms with Crippen LogP contribution in [0.5, 0.6) is 0 Å². The Kier molecular flexibility index (Phi) is 8.54. The largest absolute Gasteiger partial charge is 0.369 e. The van der Waals surface area contributed by atoms with Crippen LogP contribution in [-0.4, -0.2) is 79.1 Å². The summed E-state index contributed by atoms with van der Waals surface area (Å²) >= 11 is 1.23. The molecule has 0 radical (unpaired) electrons. The summed E-state index contributed by atoms with van der Waals surface area (Å²) < 4.78 is 1.79. The number of ketones is 1. The first-order valence-electron chi connectivity index (χ1n) is 13.5. The van der Waals surface area contributed by atoms with E-state index in [-0.39, 0.29) is 36.1 Å². The molecule has 2 saturated heterocycles. The van der Waals surface area contributed by atoms with Crippen molar-refractivity contribution < 1.29 is 19.2 Å². The SMILES string of the molecule is Nc1nccn1CCCC(NC(=O)C1CC[C@H]2CN(C(=O)CCc3ccccc3)CC(=O)N12)C(=O)c1nccs1. The van der Waals surface area contributed by atoms with Crippen LogP contribution < -0.4 is 11.1 Å². The first kappa shape index (κ1) is 27.5. The lowest BCUT2D eigenvalue weighted by atomic mass is 10.1. The highest BCUT2D eigenvalue weighted by Gasteiger charge is 2.46. The summed E-state index contributed by atoms with van der Waals surface area (Å²) in [7, 11) is 0. The molecule has 3 aromatic rings. The summed E-state index contributed by atoms with van der Waals surface area (Å²) in [6.45, 7) is 0.923. The van der Waals surface area contributed by atoms with Crippen LogP contribution in [0.25, 0.3) is 0 Å². The molecule has 2 unspecified atom stereocenters. The molecule has 210 valence electrons. The second-order valence-electron chi connectivity index (χ2n) is 10.2. The molecule has 3 amide bonds. The second kappa shape index (κ2) is 12.4. The minimum atomic E-state index is -0.779. The van der Waals surface area contributed by atoms with Gasteiger partial charge >= 0.3 is 0 Å². The van der Waals surface area contributed by atoms with Crippen LogP contribution in [0.4, 0.5) is 5.95 Å². The summed E-state index contributed by atoms with van der Waals surface area (Å²) in [6, 6.07) is 8.12. The zero-order chi connectivity index (χ0) is 28.1. The summed E-state index contributed by atoms with van der Waals surface area (Å²) in [4.78, 5) is 64.1. The molecule has 1 aromatic carbocycles. The maximum absolute atomic E-state index is 13.5. The van der Waals surface area contributed by atoms with Gasteiger partial charge in [-0.1, -0.05) is 30.3 Å². The minimum Gasteiger partial charge on any atom is -0.369 e. The molecule has 3 N–H and O–H groups in total. The number of amides is 3. The van der Waals surface area contributed by atoms with Crippen LogP contribution in [-0.2, 0) is 27.3 Å². The van der Waals surface area contributed by atoms with Crippen molar-refractivity contribution >= 4 is 40.8 Å². The number of nitrogens with zero attached hydrogens (tertiary/aromatic N) is 5. The van der Waals surface area contributed by atoms with E-state index in [9.17, 15) is 19.2 Å². The predicted octanol–water partition coefficient (Wildman–Crippen LogP) is 1.90. The predicted molar refractivity (Wildman–Crippen MR) is 149 cm³/mol. The summed E-state index contributed by atoms with van der Waals surface area (Å²) in [5.41, 5.74) is 6.93. The van der Waals surface area contributed by atoms with Crippen LogP contribution in [0.3, 0.4) is 0 Å². The first-order valence-corrected chi connectivity index (χ1v) is 14.4. The van der Waals surface area contributed by atoms with Crippen molar-refractivity contribution in [2.24, 2.45) is 0 Å². The van der Waals surface area contributed by atoms with E-state index in [0.717, 1.165) is 5.56 Å². The molecular formula is C28H33N7O4S. The average Bonchev–Trinajstić information content (AvgIpc) is 3.73. The molecule has 0 spiro atoms. The Bertz CT molecular complexity index is 1340. The van der Waals surface area contributed by atoms with Crippen molar-refractivity contribution in [3.05, 3.63) is 64.9 Å². The Balaban J connectivity index is 1.19. The molecule has 4 heterocycles. The van der Waals surface area contributed by atoms with Crippen LogP contribution in [0.1, 0.15) is 47.5 Å². The highest BCUT2D eigenvalue weighted by atomic mass is 32.1. The van der Waals surface area contributed by atoms with Crippen LogP contribution in [0.15, 0.2) is 54.3 Å². The number of nitrogens with one attached hydrogen (secondary N) is 1. The lowest BCUT2D eigenvalue weighted by Crippen LogP contribution is -2.60. The fourth-order valence-electron chi connectivity index (χ4n) is 5.53. The fourth-order valence-corrected chi connectivity index (χ4v) is 6.16. The molecule has 5 rings (SSSR count). The molecule has 0 aliphatic carbocycles. The van der Waals surface area contributed by atoms with Gasteiger partial charge in [0.15, 0.2) is 11.0 Å². The number of carbonyl (C=O) groups excluding carboxylic acids is 4. The van der Waals surface area contributed by atoms with Gasteiger partial charge in [-0.15, -0.1) is 11.3 Å². The number of nitrogens with two attached hydrogens (primary N) is 1. The van der Waals surface area contributed by atoms with Crippen LogP contribution >= 0.6 is 11.3 Å². The Morgan fingerprint density at radius 3 is 2.67 bits per heavy atom. The standard InChI is InChI=1S/C28H33N7O4S/c29-28-31-12-15-33(28)14-4-7-21(25(38)27-30-13-16-40-27)32-26(39)22-10-9-20-17-34(18-24(37)35(20)22)23(36)11-8-19-5-2-1-3-6-19/h1-3,5-6,12-13,15-16,20-22H,4,7-11,14,17-18H2,(H2,29,31)(H,32,39)/t20-,21?,22?/m0/s1. The van der Waals surface area contributed by atoms with Crippen molar-refractivity contribution in [2.75, 3.05) is 18.8 Å². The number of hydrogen-bond acceptors (Lipinski definition) is 8. The Morgan fingerprint density at radius 1 is 1.12 bits per heavy atom. The van der Waals surface area contributed by atoms with Gasteiger partial charge in [-0.25, -0.2) is 9.97 Å². The molecule has 0 saturated carbocycles. The smallest absolute Gasteiger partial charge is 0.243 e. The van der Waals surface area contributed by atoms with E-state index in [2.05, 4.69) is 15.3 Å². The normalized spacial score (nSPS) is 19.4. The fraction of sp³-hybridized carbons (Fsp3) is 0.429. The van der Waals surface area contributed by atoms with Gasteiger partial charge in [0.05, 0.1) is 18.6 Å². The summed E-state index contributed by atoms with van der Waals surface area (Å²) in [5, 5.41) is 4.97. The van der Waals surface area contributed by atoms with Crippen molar-refractivity contribution in [1.29, 1.82) is 0 Å². The quantitative estimate of drug-likeness (QED) is 0.339. The van der Waals surface area contributed by atoms with Gasteiger partial charge in [0, 0.05) is 43.5 Å². The molecule has 40 heavy (non-hydrogen) atoms. The maximum Gasteiger partial charge on any atom is 0.243 e. The highest BCUT2D eigenvalue weighted by molar-refractivity contribution is 7.11. The number of fused-ring (bicyclic) bond motifs is 1. The number of rotatable bonds is 11. The first-order chi connectivity index (χ1) is 19.4. The number of nitrogen functional groups attached to an aromatic ring is 1. The lowest BCUT2D eigenvalue weighted by molar-refractivity contribution is -0.151. The van der Waals surface area contributed by atoms with Gasteiger partial charge in [-0.2, -0.15) is 0 Å². The number of hydrogen-bond donors (Lipinski definition) is 2. The molecule has 2 fully saturated rings. The number of imidazole rings is 1. The van der Waals surface area contributed by atoms with E-state index >= 15 is 0 Å². The molecule has 12 heteroatoms. The van der Waals surface area contributed by atoms with E-state index in [1.165, 1.54) is 11.3 Å². The van der Waals surface area contributed by atoms with Crippen molar-refractivity contribution in [1.82, 2.24) is 29.7 Å². The monoisotopic (exact) mass is 563 g/mol. The Morgan fingerprint density at radius 2 is 1.95 bits per heavy atom. The summed E-state index contributed by atoms with van der Waals surface area (Å²) in [6.07, 6.45) is 7.96. The van der Waals surface area contributed by atoms with E-state index in [0.29, 0.717) is 62.6 Å². The van der Waals surface area contributed by atoms with Crippen molar-refractivity contribution in [3.8, 4) is 0 Å². The number of piperazine rings is 1. The molecular weight excluding hydrogens is 530 g/mol. The van der Waals surface area contributed by atoms with Crippen molar-refractivity contribution in [2.45, 2.75) is 63.2 Å². The Hall–Kier alpha value is -4.06. The number of Topliss-reactive ketones (excluding diaryl/α,β-unsaturated/α-hetero) is 1. The molecule has 2 aliphatic heterocycles. The zero-order valence-corrected chi connectivity index (χ0v) is 23.0. The van der Waals surface area contributed by atoms with E-state index in [4.69, 9.17) is 5.73 Å². The lowest BCUT2D eigenvalue weighted by Gasteiger charge is -2.39. The third-order valence-electron chi connectivity index (χ3n) is 7.59. The molecule has 0 bridgehead atoms. The molecule has 2 aliphatic rings. The maximum atomic E-state index is 13.5. The molecule has 3 atom stereocenters. The summed E-state index contributed by atoms with van der Waals surface area (Å²) in [5.74, 6) is -0.508. The van der Waals surface area contributed by atoms with Crippen LogP contribution in [0, 0.1) is 0 Å². The number of aromatic nitrogens is 3. The molecule has 2 aromatic heterocycles. The van der Waals surface area contributed by atoms with Gasteiger partial charge in [-0.3, -0.25) is 19.2 Å². The van der Waals surface area contributed by atoms with Crippen molar-refractivity contribution in [3.63, 3.8) is 0 Å². The van der Waals surface area contributed by atoms with Gasteiger partial charge in [0.2, 0.25) is 23.5 Å². The average molecular weight is 564 g/mol. The van der Waals surface area contributed by atoms with Gasteiger partial charge in [-0.05, 0) is 37.7 Å². The van der Waals surface area contributed by atoms with E-state index in [1.54, 1.807) is 38.3 Å². The topological polar surface area (TPSA) is 144 Å². The number of carbonyl (C=O) groups is 4. The number of aryl methyl sites for hydroxylation is 2. The highest BCUT2D eigenvalue weighted by Crippen LogP contribution is 2.29. The number of benzene rings is 1. The minimum absolute atomic E-state index is 0.0400. The third kappa shape index (κ3) is 6.22. The number of anilines is 1. The van der Waals surface area contributed by atoms with Gasteiger partial charge in [0.25, 0.3) is 0 Å². The second-order valence-corrected chi connectivity index (χ2v) is 11.1. The van der Waals surface area contributed by atoms with Crippen LogP contribution in [0.2, 0.25) is 0 Å². The zero-order valence-electron chi connectivity index (χ0n) is 22.1. The van der Waals surface area contributed by atoms with Gasteiger partial charge < -0.3 is 25.4 Å². The number of thiazole rings is 1. The van der Waals surface area contributed by atoms with E-state index < -0.39 is 12.1 Å². The molecule has 11 nitrogen and oxygen atoms in total. The third-order valence-corrected chi connectivity index (χ3v) is 8.38. The van der Waals surface area contributed by atoms with Gasteiger partial charge in [0.1, 0.15) is 6.04 Å².